The summed E-state index contributed by atoms with van der Waals surface area (Å²) in [7, 11) is -6.86. The van der Waals surface area contributed by atoms with E-state index in [4.69, 9.17) is 0 Å². The molecule has 2 aromatic rings. The molecule has 0 aliphatic carbocycles. The van der Waals surface area contributed by atoms with Crippen LogP contribution in [0.4, 0.5) is 5.69 Å². The molecule has 0 aromatic heterocycles. The van der Waals surface area contributed by atoms with Gasteiger partial charge in [-0.05, 0) is 67.6 Å². The van der Waals surface area contributed by atoms with Crippen molar-refractivity contribution < 1.29 is 21.6 Å². The molecule has 178 valence electrons. The largest absolute Gasteiger partial charge is 0.322 e. The van der Waals surface area contributed by atoms with Gasteiger partial charge in [0.05, 0.1) is 10.6 Å². The van der Waals surface area contributed by atoms with Crippen molar-refractivity contribution in [2.24, 2.45) is 0 Å². The summed E-state index contributed by atoms with van der Waals surface area (Å²) in [6.07, 6.45) is 4.59. The number of carbonyl (C=O) groups is 1. The molecule has 2 fully saturated rings. The summed E-state index contributed by atoms with van der Waals surface area (Å²) in [6, 6.07) is 12.6. The second-order valence-electron chi connectivity index (χ2n) is 8.50. The summed E-state index contributed by atoms with van der Waals surface area (Å²) in [5, 5.41) is 2.75. The van der Waals surface area contributed by atoms with Crippen molar-refractivity contribution in [3.63, 3.8) is 0 Å². The van der Waals surface area contributed by atoms with Crippen LogP contribution in [0.3, 0.4) is 0 Å². The van der Waals surface area contributed by atoms with Crippen LogP contribution in [0.2, 0.25) is 0 Å². The molecule has 0 unspecified atom stereocenters. The lowest BCUT2D eigenvalue weighted by atomic mass is 10.1. The standard InChI is InChI=1S/C23H29N3O5S2/c27-23(24-21-10-12-22(13-11-21)33(30,31)26-16-4-5-17-26)20-8-6-19(7-9-20)18-32(28,29)25-14-2-1-3-15-25/h6-13H,1-5,14-18H2,(H,24,27). The molecule has 0 bridgehead atoms. The van der Waals surface area contributed by atoms with E-state index in [0.29, 0.717) is 43.0 Å². The first-order chi connectivity index (χ1) is 15.8. The summed E-state index contributed by atoms with van der Waals surface area (Å²) >= 11 is 0. The Morgan fingerprint density at radius 1 is 0.727 bits per heavy atom. The quantitative estimate of drug-likeness (QED) is 0.641. The van der Waals surface area contributed by atoms with Crippen molar-refractivity contribution in [1.29, 1.82) is 0 Å². The zero-order valence-electron chi connectivity index (χ0n) is 18.4. The molecule has 2 aliphatic heterocycles. The summed E-state index contributed by atoms with van der Waals surface area (Å²) < 4.78 is 53.5. The van der Waals surface area contributed by atoms with Crippen LogP contribution >= 0.6 is 0 Å². The summed E-state index contributed by atoms with van der Waals surface area (Å²) in [5.74, 6) is -0.433. The highest BCUT2D eigenvalue weighted by Crippen LogP contribution is 2.23. The maximum Gasteiger partial charge on any atom is 0.255 e. The van der Waals surface area contributed by atoms with Crippen molar-refractivity contribution in [1.82, 2.24) is 8.61 Å². The Labute approximate surface area is 195 Å². The van der Waals surface area contributed by atoms with Crippen molar-refractivity contribution in [2.75, 3.05) is 31.5 Å². The Morgan fingerprint density at radius 3 is 1.88 bits per heavy atom. The molecule has 0 spiro atoms. The number of benzene rings is 2. The third-order valence-corrected chi connectivity index (χ3v) is 9.85. The Balaban J connectivity index is 1.37. The first kappa shape index (κ1) is 23.9. The van der Waals surface area contributed by atoms with Gasteiger partial charge in [-0.3, -0.25) is 4.79 Å². The number of anilines is 1. The van der Waals surface area contributed by atoms with Gasteiger partial charge in [0, 0.05) is 37.4 Å². The minimum atomic E-state index is -3.50. The third-order valence-electron chi connectivity index (χ3n) is 6.09. The molecule has 4 rings (SSSR count). The van der Waals surface area contributed by atoms with E-state index in [1.165, 1.54) is 16.4 Å². The highest BCUT2D eigenvalue weighted by atomic mass is 32.2. The van der Waals surface area contributed by atoms with Gasteiger partial charge in [-0.15, -0.1) is 0 Å². The van der Waals surface area contributed by atoms with Crippen molar-refractivity contribution in [2.45, 2.75) is 42.8 Å². The van der Waals surface area contributed by atoms with E-state index in [0.717, 1.165) is 32.1 Å². The highest BCUT2D eigenvalue weighted by molar-refractivity contribution is 7.89. The van der Waals surface area contributed by atoms with Gasteiger partial charge in [0.2, 0.25) is 20.0 Å². The molecule has 0 atom stereocenters. The lowest BCUT2D eigenvalue weighted by molar-refractivity contribution is 0.102. The molecule has 8 nitrogen and oxygen atoms in total. The molecular weight excluding hydrogens is 462 g/mol. The van der Waals surface area contributed by atoms with Gasteiger partial charge in [-0.1, -0.05) is 18.6 Å². The topological polar surface area (TPSA) is 104 Å². The lowest BCUT2D eigenvalue weighted by Crippen LogP contribution is -2.36. The fraction of sp³-hybridized carbons (Fsp3) is 0.435. The number of nitrogens with zero attached hydrogens (tertiary/aromatic N) is 2. The Hall–Kier alpha value is -2.27. The maximum atomic E-state index is 12.6. The number of hydrogen-bond acceptors (Lipinski definition) is 5. The van der Waals surface area contributed by atoms with Crippen LogP contribution in [0, 0.1) is 0 Å². The van der Waals surface area contributed by atoms with Crippen LogP contribution in [0.5, 0.6) is 0 Å². The second-order valence-corrected chi connectivity index (χ2v) is 12.4. The normalized spacial score (nSPS) is 18.3. The molecule has 2 saturated heterocycles. The predicted molar refractivity (Wildman–Crippen MR) is 127 cm³/mol. The number of carbonyl (C=O) groups excluding carboxylic acids is 1. The van der Waals surface area contributed by atoms with E-state index < -0.39 is 20.0 Å². The Kier molecular flexibility index (Phi) is 7.18. The van der Waals surface area contributed by atoms with Crippen molar-refractivity contribution in [3.05, 3.63) is 59.7 Å². The average molecular weight is 492 g/mol. The molecule has 1 N–H and O–H groups in total. The number of rotatable bonds is 7. The fourth-order valence-electron chi connectivity index (χ4n) is 4.19. The molecule has 2 aromatic carbocycles. The summed E-state index contributed by atoms with van der Waals surface area (Å²) in [5.41, 5.74) is 1.51. The molecule has 33 heavy (non-hydrogen) atoms. The van der Waals surface area contributed by atoms with Crippen LogP contribution in [0.15, 0.2) is 53.4 Å². The maximum absolute atomic E-state index is 12.6. The lowest BCUT2D eigenvalue weighted by Gasteiger charge is -2.25. The van der Waals surface area contributed by atoms with E-state index in [9.17, 15) is 21.6 Å². The van der Waals surface area contributed by atoms with Crippen LogP contribution in [-0.4, -0.2) is 57.5 Å². The van der Waals surface area contributed by atoms with E-state index in [1.807, 2.05) is 0 Å². The summed E-state index contributed by atoms with van der Waals surface area (Å²) in [6.45, 7) is 2.22. The minimum absolute atomic E-state index is 0.0815. The van der Waals surface area contributed by atoms with E-state index in [1.54, 1.807) is 40.7 Å². The SMILES string of the molecule is O=C(Nc1ccc(S(=O)(=O)N2CCCC2)cc1)c1ccc(CS(=O)(=O)N2CCCCC2)cc1. The fourth-order valence-corrected chi connectivity index (χ4v) is 7.32. The third kappa shape index (κ3) is 5.63. The zero-order valence-corrected chi connectivity index (χ0v) is 20.1. The van der Waals surface area contributed by atoms with Gasteiger partial charge in [0.15, 0.2) is 0 Å². The van der Waals surface area contributed by atoms with E-state index >= 15 is 0 Å². The van der Waals surface area contributed by atoms with Crippen molar-refractivity contribution in [3.8, 4) is 0 Å². The Morgan fingerprint density at radius 2 is 1.27 bits per heavy atom. The first-order valence-corrected chi connectivity index (χ1v) is 14.3. The number of amides is 1. The van der Waals surface area contributed by atoms with Crippen LogP contribution in [0.25, 0.3) is 0 Å². The van der Waals surface area contributed by atoms with E-state index in [-0.39, 0.29) is 16.6 Å². The van der Waals surface area contributed by atoms with Gasteiger partial charge < -0.3 is 5.32 Å². The van der Waals surface area contributed by atoms with E-state index in [2.05, 4.69) is 5.32 Å². The van der Waals surface area contributed by atoms with Crippen LogP contribution < -0.4 is 5.32 Å². The van der Waals surface area contributed by atoms with Crippen molar-refractivity contribution >= 4 is 31.6 Å². The molecule has 10 heteroatoms. The van der Waals surface area contributed by atoms with Crippen LogP contribution in [0.1, 0.15) is 48.0 Å². The molecule has 0 radical (unpaired) electrons. The molecule has 1 amide bonds. The predicted octanol–water partition coefficient (Wildman–Crippen LogP) is 3.04. The number of hydrogen-bond donors (Lipinski definition) is 1. The average Bonchev–Trinajstić information content (AvgIpc) is 3.36. The molecule has 2 heterocycles. The number of nitrogens with one attached hydrogen (secondary N) is 1. The second kappa shape index (κ2) is 9.92. The van der Waals surface area contributed by atoms with Gasteiger partial charge in [-0.25, -0.2) is 21.1 Å². The van der Waals surface area contributed by atoms with Crippen LogP contribution in [-0.2, 0) is 25.8 Å². The first-order valence-electron chi connectivity index (χ1n) is 11.2. The van der Waals surface area contributed by atoms with Gasteiger partial charge >= 0.3 is 0 Å². The zero-order chi connectivity index (χ0) is 23.5. The molecule has 2 aliphatic rings. The monoisotopic (exact) mass is 491 g/mol. The minimum Gasteiger partial charge on any atom is -0.322 e. The summed E-state index contributed by atoms with van der Waals surface area (Å²) in [4.78, 5) is 12.8. The Bertz CT molecular complexity index is 1180. The highest BCUT2D eigenvalue weighted by Gasteiger charge is 2.27. The molecular formula is C23H29N3O5S2. The number of piperidine rings is 1. The smallest absolute Gasteiger partial charge is 0.255 e. The van der Waals surface area contributed by atoms with Gasteiger partial charge in [-0.2, -0.15) is 4.31 Å². The number of sulfonamides is 2. The van der Waals surface area contributed by atoms with Gasteiger partial charge in [0.1, 0.15) is 0 Å². The van der Waals surface area contributed by atoms with Gasteiger partial charge in [0.25, 0.3) is 5.91 Å². The molecule has 0 saturated carbocycles.